The van der Waals surface area contributed by atoms with Crippen molar-refractivity contribution in [2.75, 3.05) is 33.8 Å². The molecule has 0 saturated carbocycles. The number of benzene rings is 1. The molecule has 1 saturated heterocycles. The van der Waals surface area contributed by atoms with E-state index < -0.39 is 0 Å². The number of piperidine rings is 1. The van der Waals surface area contributed by atoms with Crippen LogP contribution in [0.1, 0.15) is 29.5 Å². The fourth-order valence-electron chi connectivity index (χ4n) is 3.79. The molecule has 2 N–H and O–H groups in total. The van der Waals surface area contributed by atoms with Crippen molar-refractivity contribution < 1.29 is 9.13 Å². The van der Waals surface area contributed by atoms with E-state index in [2.05, 4.69) is 38.5 Å². The molecule has 1 aromatic carbocycles. The number of aryl methyl sites for hydroxylation is 1. The molecule has 1 aromatic heterocycles. The predicted octanol–water partition coefficient (Wildman–Crippen LogP) is 3.53. The molecule has 0 unspecified atom stereocenters. The van der Waals surface area contributed by atoms with E-state index in [1.165, 1.54) is 18.2 Å². The average Bonchev–Trinajstić information content (AvgIpc) is 2.76. The van der Waals surface area contributed by atoms with E-state index in [0.29, 0.717) is 11.8 Å². The first-order chi connectivity index (χ1) is 14.6. The molecule has 1 aliphatic rings. The predicted molar refractivity (Wildman–Crippen MR) is 134 cm³/mol. The summed E-state index contributed by atoms with van der Waals surface area (Å²) >= 11 is 0. The SMILES string of the molecule is CN=C(NCCc1ccncc1C)NC1CCN(Cc2ccc(OC)c(F)c2)CC1.I. The van der Waals surface area contributed by atoms with Gasteiger partial charge in [-0.1, -0.05) is 6.07 Å². The van der Waals surface area contributed by atoms with Gasteiger partial charge in [0.15, 0.2) is 17.5 Å². The first-order valence-electron chi connectivity index (χ1n) is 10.5. The van der Waals surface area contributed by atoms with Crippen LogP contribution in [0.3, 0.4) is 0 Å². The summed E-state index contributed by atoms with van der Waals surface area (Å²) in [5.41, 5.74) is 3.49. The summed E-state index contributed by atoms with van der Waals surface area (Å²) in [6, 6.07) is 7.66. The number of pyridine rings is 1. The molecule has 0 bridgehead atoms. The normalized spacial score (nSPS) is 15.3. The number of guanidine groups is 1. The number of ether oxygens (including phenoxy) is 1. The standard InChI is InChI=1S/C23H32FN5O.HI/c1-17-15-26-10-6-19(17)7-11-27-23(25-2)28-20-8-12-29(13-9-20)16-18-4-5-22(30-3)21(24)14-18;/h4-6,10,14-15,20H,7-9,11-13,16H2,1-3H3,(H2,25,27,28);1H. The molecule has 0 atom stereocenters. The van der Waals surface area contributed by atoms with E-state index in [-0.39, 0.29) is 29.8 Å². The van der Waals surface area contributed by atoms with Crippen LogP contribution in [0.4, 0.5) is 4.39 Å². The first-order valence-corrected chi connectivity index (χ1v) is 10.5. The van der Waals surface area contributed by atoms with Crippen LogP contribution in [0, 0.1) is 12.7 Å². The molecule has 6 nitrogen and oxygen atoms in total. The lowest BCUT2D eigenvalue weighted by Gasteiger charge is -2.33. The van der Waals surface area contributed by atoms with Gasteiger partial charge in [0, 0.05) is 51.7 Å². The van der Waals surface area contributed by atoms with E-state index in [4.69, 9.17) is 4.74 Å². The third-order valence-corrected chi connectivity index (χ3v) is 5.60. The van der Waals surface area contributed by atoms with E-state index in [9.17, 15) is 4.39 Å². The second-order valence-corrected chi connectivity index (χ2v) is 7.71. The van der Waals surface area contributed by atoms with E-state index in [0.717, 1.165) is 57.0 Å². The smallest absolute Gasteiger partial charge is 0.191 e. The van der Waals surface area contributed by atoms with Crippen molar-refractivity contribution in [2.24, 2.45) is 4.99 Å². The Labute approximate surface area is 201 Å². The van der Waals surface area contributed by atoms with Crippen LogP contribution in [-0.2, 0) is 13.0 Å². The third kappa shape index (κ3) is 7.60. The van der Waals surface area contributed by atoms with Gasteiger partial charge in [0.1, 0.15) is 0 Å². The summed E-state index contributed by atoms with van der Waals surface area (Å²) in [5, 5.41) is 6.95. The van der Waals surface area contributed by atoms with Gasteiger partial charge in [0.2, 0.25) is 0 Å². The van der Waals surface area contributed by atoms with Crippen LogP contribution in [0.15, 0.2) is 41.7 Å². The Kier molecular flexibility index (Phi) is 10.5. The highest BCUT2D eigenvalue weighted by molar-refractivity contribution is 14.0. The summed E-state index contributed by atoms with van der Waals surface area (Å²) in [6.07, 6.45) is 6.73. The number of likely N-dealkylation sites (tertiary alicyclic amines) is 1. The maximum absolute atomic E-state index is 13.9. The van der Waals surface area contributed by atoms with Gasteiger partial charge in [-0.3, -0.25) is 14.9 Å². The zero-order valence-electron chi connectivity index (χ0n) is 18.5. The number of nitrogens with zero attached hydrogens (tertiary/aromatic N) is 3. The monoisotopic (exact) mass is 541 g/mol. The zero-order chi connectivity index (χ0) is 21.3. The Balaban J connectivity index is 0.00000341. The quantitative estimate of drug-likeness (QED) is 0.319. The van der Waals surface area contributed by atoms with Gasteiger partial charge < -0.3 is 15.4 Å². The molecule has 2 aromatic rings. The minimum absolute atomic E-state index is 0. The number of rotatable bonds is 7. The van der Waals surface area contributed by atoms with Gasteiger partial charge >= 0.3 is 0 Å². The molecule has 1 aliphatic heterocycles. The molecular formula is C23H33FIN5O. The lowest BCUT2D eigenvalue weighted by molar-refractivity contribution is 0.198. The van der Waals surface area contributed by atoms with Gasteiger partial charge in [0.25, 0.3) is 0 Å². The van der Waals surface area contributed by atoms with Crippen LogP contribution in [0.2, 0.25) is 0 Å². The number of methoxy groups -OCH3 is 1. The Morgan fingerprint density at radius 1 is 1.29 bits per heavy atom. The fraction of sp³-hybridized carbons (Fsp3) is 0.478. The lowest BCUT2D eigenvalue weighted by atomic mass is 10.0. The molecule has 1 fully saturated rings. The zero-order valence-corrected chi connectivity index (χ0v) is 20.9. The highest BCUT2D eigenvalue weighted by Gasteiger charge is 2.20. The number of nitrogens with one attached hydrogen (secondary N) is 2. The summed E-state index contributed by atoms with van der Waals surface area (Å²) < 4.78 is 18.9. The van der Waals surface area contributed by atoms with Crippen LogP contribution in [0.5, 0.6) is 5.75 Å². The van der Waals surface area contributed by atoms with Crippen molar-refractivity contribution in [3.8, 4) is 5.75 Å². The van der Waals surface area contributed by atoms with Crippen LogP contribution >= 0.6 is 24.0 Å². The summed E-state index contributed by atoms with van der Waals surface area (Å²) in [6.45, 7) is 5.61. The van der Waals surface area contributed by atoms with Gasteiger partial charge in [-0.05, 0) is 61.1 Å². The van der Waals surface area contributed by atoms with Crippen molar-refractivity contribution in [3.63, 3.8) is 0 Å². The van der Waals surface area contributed by atoms with Gasteiger partial charge in [0.05, 0.1) is 7.11 Å². The molecule has 0 spiro atoms. The second kappa shape index (κ2) is 12.8. The van der Waals surface area contributed by atoms with Gasteiger partial charge in [-0.2, -0.15) is 0 Å². The van der Waals surface area contributed by atoms with Crippen LogP contribution in [-0.4, -0.2) is 55.7 Å². The van der Waals surface area contributed by atoms with E-state index in [1.807, 2.05) is 18.5 Å². The molecule has 8 heteroatoms. The van der Waals surface area contributed by atoms with Crippen LogP contribution < -0.4 is 15.4 Å². The largest absolute Gasteiger partial charge is 0.494 e. The second-order valence-electron chi connectivity index (χ2n) is 7.71. The Bertz CT molecular complexity index is 856. The molecule has 170 valence electrons. The number of hydrogen-bond donors (Lipinski definition) is 2. The van der Waals surface area contributed by atoms with Crippen molar-refractivity contribution in [1.29, 1.82) is 0 Å². The van der Waals surface area contributed by atoms with Gasteiger partial charge in [-0.15, -0.1) is 24.0 Å². The highest BCUT2D eigenvalue weighted by atomic mass is 127. The Morgan fingerprint density at radius 3 is 2.71 bits per heavy atom. The van der Waals surface area contributed by atoms with E-state index in [1.54, 1.807) is 19.2 Å². The molecule has 0 radical (unpaired) electrons. The summed E-state index contributed by atoms with van der Waals surface area (Å²) in [7, 11) is 3.29. The molecule has 0 amide bonds. The highest BCUT2D eigenvalue weighted by Crippen LogP contribution is 2.20. The summed E-state index contributed by atoms with van der Waals surface area (Å²) in [4.78, 5) is 10.9. The maximum Gasteiger partial charge on any atom is 0.191 e. The minimum atomic E-state index is -0.302. The van der Waals surface area contributed by atoms with Crippen molar-refractivity contribution >= 4 is 29.9 Å². The van der Waals surface area contributed by atoms with Crippen molar-refractivity contribution in [1.82, 2.24) is 20.5 Å². The molecule has 0 aliphatic carbocycles. The fourth-order valence-corrected chi connectivity index (χ4v) is 3.79. The lowest BCUT2D eigenvalue weighted by Crippen LogP contribution is -2.48. The molecule has 3 rings (SSSR count). The van der Waals surface area contributed by atoms with Crippen molar-refractivity contribution in [3.05, 3.63) is 59.2 Å². The Morgan fingerprint density at radius 2 is 2.06 bits per heavy atom. The van der Waals surface area contributed by atoms with Gasteiger partial charge in [-0.25, -0.2) is 4.39 Å². The Hall–Kier alpha value is -1.94. The maximum atomic E-state index is 13.9. The first kappa shape index (κ1) is 25.3. The molecule has 2 heterocycles. The molecular weight excluding hydrogens is 508 g/mol. The van der Waals surface area contributed by atoms with Crippen molar-refractivity contribution in [2.45, 2.75) is 38.8 Å². The van der Waals surface area contributed by atoms with Crippen LogP contribution in [0.25, 0.3) is 0 Å². The number of halogens is 2. The van der Waals surface area contributed by atoms with E-state index >= 15 is 0 Å². The number of hydrogen-bond acceptors (Lipinski definition) is 4. The minimum Gasteiger partial charge on any atom is -0.494 e. The summed E-state index contributed by atoms with van der Waals surface area (Å²) in [5.74, 6) is 0.834. The molecule has 31 heavy (non-hydrogen) atoms. The number of aliphatic imine (C=N–C) groups is 1. The third-order valence-electron chi connectivity index (χ3n) is 5.60. The average molecular weight is 541 g/mol. The topological polar surface area (TPSA) is 61.8 Å². The number of aromatic nitrogens is 1.